The Balaban J connectivity index is 1.28. The molecule has 4 heterocycles. The second-order valence-electron chi connectivity index (χ2n) is 8.68. The topological polar surface area (TPSA) is 72.6 Å². The molecule has 6 rings (SSSR count). The fourth-order valence-electron chi connectivity index (χ4n) is 5.05. The predicted molar refractivity (Wildman–Crippen MR) is 113 cm³/mol. The Kier molecular flexibility index (Phi) is 3.84. The van der Waals surface area contributed by atoms with Crippen LogP contribution in [0.25, 0.3) is 16.1 Å². The fourth-order valence-corrected chi connectivity index (χ4v) is 5.79. The number of carbonyl (C=O) groups excluding carboxylic acids is 1. The highest BCUT2D eigenvalue weighted by atomic mass is 32.1. The molecule has 154 valence electrons. The van der Waals surface area contributed by atoms with Crippen molar-refractivity contribution in [2.45, 2.75) is 51.2 Å². The summed E-state index contributed by atoms with van der Waals surface area (Å²) in [7, 11) is 0. The minimum absolute atomic E-state index is 0.231. The third-order valence-corrected chi connectivity index (χ3v) is 7.78. The van der Waals surface area contributed by atoms with E-state index in [1.165, 1.54) is 0 Å². The van der Waals surface area contributed by atoms with Crippen molar-refractivity contribution in [3.05, 3.63) is 41.3 Å². The molecular formula is C22H23N5O2S. The van der Waals surface area contributed by atoms with E-state index in [4.69, 9.17) is 9.72 Å². The number of ether oxygens (including phenoxy) is 1. The lowest BCUT2D eigenvalue weighted by Gasteiger charge is -2.51. The molecule has 8 heteroatoms. The number of thiazole rings is 1. The highest BCUT2D eigenvalue weighted by Crippen LogP contribution is 2.51. The number of rotatable bonds is 4. The molecule has 2 aliphatic carbocycles. The van der Waals surface area contributed by atoms with Crippen LogP contribution in [0.5, 0.6) is 5.88 Å². The maximum atomic E-state index is 12.7. The van der Waals surface area contributed by atoms with E-state index in [9.17, 15) is 4.79 Å². The van der Waals surface area contributed by atoms with Crippen molar-refractivity contribution in [2.24, 2.45) is 5.92 Å². The summed E-state index contributed by atoms with van der Waals surface area (Å²) in [6.45, 7) is 4.96. The third kappa shape index (κ3) is 2.62. The Bertz CT molecular complexity index is 1200. The summed E-state index contributed by atoms with van der Waals surface area (Å²) in [6, 6.07) is 2.20. The summed E-state index contributed by atoms with van der Waals surface area (Å²) in [5.74, 6) is 1.17. The van der Waals surface area contributed by atoms with Crippen molar-refractivity contribution in [3.63, 3.8) is 0 Å². The number of hydrogen-bond donors (Lipinski definition) is 0. The largest absolute Gasteiger partial charge is 0.469 e. The smallest absolute Gasteiger partial charge is 0.249 e. The Hall–Kier alpha value is -2.74. The maximum Gasteiger partial charge on any atom is 0.249 e. The van der Waals surface area contributed by atoms with Crippen LogP contribution >= 0.6 is 11.3 Å². The molecule has 1 unspecified atom stereocenters. The molecule has 2 fully saturated rings. The van der Waals surface area contributed by atoms with Crippen molar-refractivity contribution in [1.82, 2.24) is 24.5 Å². The van der Waals surface area contributed by atoms with Gasteiger partial charge in [0.25, 0.3) is 0 Å². The van der Waals surface area contributed by atoms with Gasteiger partial charge in [0.05, 0.1) is 22.3 Å². The van der Waals surface area contributed by atoms with Crippen LogP contribution in [0.4, 0.5) is 0 Å². The molecule has 1 saturated heterocycles. The fraction of sp³-hybridized carbons (Fsp3) is 0.455. The number of hydrogen-bond acceptors (Lipinski definition) is 6. The molecule has 1 amide bonds. The van der Waals surface area contributed by atoms with Crippen molar-refractivity contribution in [3.8, 4) is 16.5 Å². The molecule has 3 aromatic rings. The first-order valence-electron chi connectivity index (χ1n) is 10.5. The van der Waals surface area contributed by atoms with Crippen LogP contribution in [0, 0.1) is 12.8 Å². The zero-order chi connectivity index (χ0) is 20.5. The molecule has 0 N–H and O–H groups in total. The third-order valence-electron chi connectivity index (χ3n) is 6.84. The lowest BCUT2D eigenvalue weighted by molar-refractivity contribution is -0.138. The van der Waals surface area contributed by atoms with Crippen molar-refractivity contribution in [1.29, 1.82) is 0 Å². The van der Waals surface area contributed by atoms with Gasteiger partial charge >= 0.3 is 0 Å². The summed E-state index contributed by atoms with van der Waals surface area (Å²) in [6.07, 6.45) is 11.4. The minimum Gasteiger partial charge on any atom is -0.469 e. The summed E-state index contributed by atoms with van der Waals surface area (Å²) >= 11 is 1.61. The minimum atomic E-state index is -0.326. The number of allylic oxidation sites excluding steroid dienone is 1. The van der Waals surface area contributed by atoms with E-state index in [0.29, 0.717) is 11.8 Å². The number of carbonyl (C=O) groups is 1. The molecular weight excluding hydrogens is 398 g/mol. The Morgan fingerprint density at radius 3 is 3.00 bits per heavy atom. The zero-order valence-electron chi connectivity index (χ0n) is 17.0. The van der Waals surface area contributed by atoms with E-state index in [-0.39, 0.29) is 17.6 Å². The van der Waals surface area contributed by atoms with Crippen LogP contribution in [-0.2, 0) is 4.79 Å². The molecule has 0 spiro atoms. The Labute approximate surface area is 178 Å². The summed E-state index contributed by atoms with van der Waals surface area (Å²) in [5.41, 5.74) is 2.33. The summed E-state index contributed by atoms with van der Waals surface area (Å²) < 4.78 is 8.40. The number of aryl methyl sites for hydroxylation is 1. The molecule has 0 radical (unpaired) electrons. The second kappa shape index (κ2) is 6.38. The zero-order valence-corrected chi connectivity index (χ0v) is 17.9. The quantitative estimate of drug-likeness (QED) is 0.643. The first-order chi connectivity index (χ1) is 14.5. The Morgan fingerprint density at radius 1 is 1.40 bits per heavy atom. The van der Waals surface area contributed by atoms with Gasteiger partial charge in [-0.3, -0.25) is 4.79 Å². The Morgan fingerprint density at radius 2 is 2.27 bits per heavy atom. The molecule has 3 aromatic heterocycles. The monoisotopic (exact) mass is 421 g/mol. The van der Waals surface area contributed by atoms with Crippen LogP contribution in [0.2, 0.25) is 0 Å². The normalized spacial score (nSPS) is 27.4. The van der Waals surface area contributed by atoms with E-state index in [0.717, 1.165) is 58.9 Å². The summed E-state index contributed by atoms with van der Waals surface area (Å²) in [4.78, 5) is 25.0. The first-order valence-corrected chi connectivity index (χ1v) is 11.3. The number of nitrogens with zero attached hydrogens (tertiary/aromatic N) is 5. The van der Waals surface area contributed by atoms with Crippen molar-refractivity contribution < 1.29 is 9.53 Å². The van der Waals surface area contributed by atoms with Crippen LogP contribution in [0.3, 0.4) is 0 Å². The highest BCUT2D eigenvalue weighted by molar-refractivity contribution is 7.15. The van der Waals surface area contributed by atoms with E-state index >= 15 is 0 Å². The van der Waals surface area contributed by atoms with Crippen LogP contribution in [0.15, 0.2) is 36.3 Å². The average molecular weight is 422 g/mol. The van der Waals surface area contributed by atoms with Gasteiger partial charge in [0.2, 0.25) is 11.8 Å². The van der Waals surface area contributed by atoms with Crippen LogP contribution < -0.4 is 4.74 Å². The van der Waals surface area contributed by atoms with Gasteiger partial charge in [-0.1, -0.05) is 6.08 Å². The van der Waals surface area contributed by atoms with Gasteiger partial charge in [-0.25, -0.2) is 14.5 Å². The molecule has 0 aromatic carbocycles. The van der Waals surface area contributed by atoms with E-state index in [1.807, 2.05) is 29.9 Å². The molecule has 3 aliphatic rings. The van der Waals surface area contributed by atoms with Gasteiger partial charge in [0.15, 0.2) is 0 Å². The molecule has 3 atom stereocenters. The van der Waals surface area contributed by atoms with Crippen molar-refractivity contribution >= 4 is 22.8 Å². The van der Waals surface area contributed by atoms with Gasteiger partial charge in [0, 0.05) is 36.7 Å². The average Bonchev–Trinajstić information content (AvgIpc) is 3.38. The molecule has 0 bridgehead atoms. The molecule has 30 heavy (non-hydrogen) atoms. The standard InChI is InChI=1S/C22H23N5O2S/c1-13-23-11-19(30-13)16-12-27-17(6-8-24-27)20(25-16)29-22(2)10-18-15(22)7-9-26(18)21(28)14-4-3-5-14/h4,6,8,11-12,15,18H,3,5,7,9-10H2,1-2H3/t15-,18?,22+/m0/s1. The van der Waals surface area contributed by atoms with Gasteiger partial charge in [-0.15, -0.1) is 11.3 Å². The van der Waals surface area contributed by atoms with Crippen LogP contribution in [-0.4, -0.2) is 48.6 Å². The number of fused-ring (bicyclic) bond motifs is 2. The van der Waals surface area contributed by atoms with Gasteiger partial charge < -0.3 is 9.64 Å². The van der Waals surface area contributed by atoms with Gasteiger partial charge in [0.1, 0.15) is 16.8 Å². The number of aromatic nitrogens is 4. The van der Waals surface area contributed by atoms with Gasteiger partial charge in [-0.2, -0.15) is 5.10 Å². The van der Waals surface area contributed by atoms with E-state index in [2.05, 4.69) is 28.0 Å². The highest BCUT2D eigenvalue weighted by Gasteiger charge is 2.59. The second-order valence-corrected chi connectivity index (χ2v) is 9.92. The SMILES string of the molecule is Cc1ncc(-c2cn3nccc3c(O[C@]3(C)CC4[C@@H]3CCN4C(=O)C3=CCC3)n2)s1. The van der Waals surface area contributed by atoms with E-state index < -0.39 is 0 Å². The molecule has 1 aliphatic heterocycles. The lowest BCUT2D eigenvalue weighted by Crippen LogP contribution is -2.61. The van der Waals surface area contributed by atoms with E-state index in [1.54, 1.807) is 17.5 Å². The first kappa shape index (κ1) is 18.1. The number of likely N-dealkylation sites (tertiary alicyclic amines) is 1. The van der Waals surface area contributed by atoms with Crippen LogP contribution in [0.1, 0.15) is 37.6 Å². The lowest BCUT2D eigenvalue weighted by atomic mass is 9.66. The predicted octanol–water partition coefficient (Wildman–Crippen LogP) is 3.64. The summed E-state index contributed by atoms with van der Waals surface area (Å²) in [5, 5.41) is 5.41. The maximum absolute atomic E-state index is 12.7. The van der Waals surface area contributed by atoms with Gasteiger partial charge in [-0.05, 0) is 39.2 Å². The molecule has 7 nitrogen and oxygen atoms in total. The number of amides is 1. The molecule has 1 saturated carbocycles. The van der Waals surface area contributed by atoms with Crippen molar-refractivity contribution in [2.75, 3.05) is 6.54 Å².